The molecule has 0 unspecified atom stereocenters. The highest BCUT2D eigenvalue weighted by Crippen LogP contribution is 2.27. The van der Waals surface area contributed by atoms with Gasteiger partial charge in [-0.05, 0) is 12.1 Å². The van der Waals surface area contributed by atoms with Crippen LogP contribution in [0.25, 0.3) is 6.08 Å². The zero-order valence-electron chi connectivity index (χ0n) is 35.3. The molecule has 34 heteroatoms. The van der Waals surface area contributed by atoms with Gasteiger partial charge in [0.05, 0.1) is 0 Å². The van der Waals surface area contributed by atoms with Gasteiger partial charge in [-0.15, -0.1) is 12.3 Å². The maximum atomic E-state index is 14.4. The minimum Gasteiger partial charge on any atom is -0.268 e. The lowest BCUT2D eigenvalue weighted by Gasteiger charge is -2.21. The molecule has 1 aromatic heterocycles. The Morgan fingerprint density at radius 3 is 0.597 bits per heavy atom. The molecule has 0 fully saturated rings. The Bertz CT molecular complexity index is 2950. The minimum atomic E-state index is -3.96. The predicted octanol–water partition coefficient (Wildman–Crippen LogP) is 9.42. The molecule has 0 spiro atoms. The molecule has 0 radical (unpaired) electrons. The second kappa shape index (κ2) is 21.7. The molecule has 6 aromatic carbocycles. The van der Waals surface area contributed by atoms with Crippen LogP contribution in [0.3, 0.4) is 0 Å². The zero-order valence-corrected chi connectivity index (χ0v) is 35.3. The Morgan fingerprint density at radius 1 is 0.260 bits per heavy atom. The van der Waals surface area contributed by atoms with Crippen LogP contribution in [0.1, 0.15) is 11.3 Å². The summed E-state index contributed by atoms with van der Waals surface area (Å²) in [6, 6.07) is 1.85. The summed E-state index contributed by atoms with van der Waals surface area (Å²) in [5, 5.41) is 7.53. The molecular formula is C43H5B2F30N2-. The molecule has 77 heavy (non-hydrogen) atoms. The Kier molecular flexibility index (Phi) is 16.4. The lowest BCUT2D eigenvalue weighted by Crippen LogP contribution is -2.60. The van der Waals surface area contributed by atoms with Crippen molar-refractivity contribution in [1.82, 2.24) is 10.2 Å². The highest BCUT2D eigenvalue weighted by Gasteiger charge is 2.47. The molecule has 8 rings (SSSR count). The van der Waals surface area contributed by atoms with E-state index in [1.807, 2.05) is 12.1 Å². The molecule has 1 aliphatic rings. The second-order valence-electron chi connectivity index (χ2n) is 14.7. The average molecular weight is 1140 g/mol. The maximum Gasteiger partial charge on any atom is 0.265 e. The molecule has 0 N–H and O–H groups in total. The van der Waals surface area contributed by atoms with Gasteiger partial charge in [0.2, 0.25) is 0 Å². The highest BCUT2D eigenvalue weighted by molar-refractivity contribution is 6.96. The average Bonchev–Trinajstić information content (AvgIpc) is 3.90. The van der Waals surface area contributed by atoms with E-state index in [1.54, 1.807) is 0 Å². The summed E-state index contributed by atoms with van der Waals surface area (Å²) in [5.41, 5.74) is -13.8. The summed E-state index contributed by atoms with van der Waals surface area (Å²) >= 11 is 0. The first-order chi connectivity index (χ1) is 35.8. The molecule has 0 aliphatic heterocycles. The molecule has 0 saturated carbocycles. The van der Waals surface area contributed by atoms with E-state index in [0.717, 1.165) is 17.7 Å². The van der Waals surface area contributed by atoms with Gasteiger partial charge in [-0.3, -0.25) is 5.10 Å². The van der Waals surface area contributed by atoms with Crippen LogP contribution in [-0.2, 0) is 6.42 Å². The number of benzene rings is 6. The second-order valence-corrected chi connectivity index (χ2v) is 14.7. The van der Waals surface area contributed by atoms with Crippen LogP contribution < -0.4 is 32.8 Å². The molecule has 1 heterocycles. The van der Waals surface area contributed by atoms with Gasteiger partial charge in [-0.2, -0.15) is 10.7 Å². The molecule has 7 aromatic rings. The van der Waals surface area contributed by atoms with Gasteiger partial charge >= 0.3 is 0 Å². The summed E-state index contributed by atoms with van der Waals surface area (Å²) in [4.78, 5) is 0. The lowest BCUT2D eigenvalue weighted by molar-refractivity contribution is 0.380. The van der Waals surface area contributed by atoms with Gasteiger partial charge in [0.1, 0.15) is 0 Å². The number of halogens is 30. The van der Waals surface area contributed by atoms with E-state index in [0.29, 0.717) is 0 Å². The topological polar surface area (TPSA) is 25.8 Å². The van der Waals surface area contributed by atoms with Crippen molar-refractivity contribution >= 4 is 52.3 Å². The van der Waals surface area contributed by atoms with Crippen molar-refractivity contribution in [2.24, 2.45) is 0 Å². The molecule has 404 valence electrons. The standard InChI is InChI=1S/2C18BF15.C7H5N2/c2*20-4-1(5(21)11(27)16(32)10(4)26)19(2-6(22)12(28)17(33)13(29)7(2)23)3-8(24)14(30)18(34)15(31)9(3)25;1-2-6-4-5-8-9-7(6)3-1/h;;1-2,4H,3H2/q;;-1. The van der Waals surface area contributed by atoms with Crippen molar-refractivity contribution in [1.29, 1.82) is 0 Å². The van der Waals surface area contributed by atoms with Gasteiger partial charge in [-0.25, -0.2) is 138 Å². The maximum absolute atomic E-state index is 14.4. The van der Waals surface area contributed by atoms with Gasteiger partial charge in [0.25, 0.3) is 13.4 Å². The van der Waals surface area contributed by atoms with E-state index in [4.69, 9.17) is 0 Å². The summed E-state index contributed by atoms with van der Waals surface area (Å²) in [6.07, 6.45) is 7.73. The van der Waals surface area contributed by atoms with E-state index in [-0.39, 0.29) is 0 Å². The largest absolute Gasteiger partial charge is 0.268 e. The minimum absolute atomic E-state index is 0.928. The Labute approximate surface area is 404 Å². The lowest BCUT2D eigenvalue weighted by atomic mass is 9.36. The number of fused-ring (bicyclic) bond motifs is 1. The monoisotopic (exact) mass is 1140 g/mol. The van der Waals surface area contributed by atoms with Gasteiger partial charge in [0.15, 0.2) is 175 Å². The third-order valence-electron chi connectivity index (χ3n) is 10.6. The van der Waals surface area contributed by atoms with Crippen LogP contribution in [-0.4, -0.2) is 23.6 Å². The fourth-order valence-electron chi connectivity index (χ4n) is 7.05. The third kappa shape index (κ3) is 9.51. The summed E-state index contributed by atoms with van der Waals surface area (Å²) < 4.78 is 417. The predicted molar refractivity (Wildman–Crippen MR) is 200 cm³/mol. The fourth-order valence-corrected chi connectivity index (χ4v) is 7.05. The van der Waals surface area contributed by atoms with E-state index in [1.165, 1.54) is 0 Å². The highest BCUT2D eigenvalue weighted by atomic mass is 19.2. The van der Waals surface area contributed by atoms with Crippen LogP contribution >= 0.6 is 0 Å². The van der Waals surface area contributed by atoms with Crippen molar-refractivity contribution in [3.8, 4) is 0 Å². The molecule has 2 nitrogen and oxygen atoms in total. The molecule has 0 saturated heterocycles. The third-order valence-corrected chi connectivity index (χ3v) is 10.6. The van der Waals surface area contributed by atoms with E-state index in [9.17, 15) is 132 Å². The smallest absolute Gasteiger partial charge is 0.265 e. The Morgan fingerprint density at radius 2 is 0.429 bits per heavy atom. The Hall–Kier alpha value is -7.83. The van der Waals surface area contributed by atoms with Crippen LogP contribution in [0.5, 0.6) is 0 Å². The SMILES string of the molecule is Fc1c(F)c(F)c(B(c2c(F)c(F)c(F)c(F)c2F)c2c(F)c(F)c(F)c(F)c2F)c(F)c1F.Fc1c(F)c(F)c(B(c2c(F)c(F)c(F)c(F)c2F)c2c(F)c(F)c(F)c(F)c2F)c(F)c1F.[c-]1cc2c(nn1)CC=C2. The van der Waals surface area contributed by atoms with E-state index < -0.39 is 221 Å². The van der Waals surface area contributed by atoms with Crippen molar-refractivity contribution in [3.63, 3.8) is 0 Å². The van der Waals surface area contributed by atoms with Crippen molar-refractivity contribution in [2.45, 2.75) is 6.42 Å². The first-order valence-electron chi connectivity index (χ1n) is 19.3. The summed E-state index contributed by atoms with van der Waals surface area (Å²) in [5.74, 6) is -90.4. The first kappa shape index (κ1) is 58.4. The Balaban J connectivity index is 0.000000213. The normalized spacial score (nSPS) is 11.7. The van der Waals surface area contributed by atoms with Crippen LogP contribution in [0.2, 0.25) is 0 Å². The van der Waals surface area contributed by atoms with Crippen LogP contribution in [0.4, 0.5) is 132 Å². The zero-order chi connectivity index (χ0) is 58.0. The fraction of sp³-hybridized carbons (Fsp3) is 0.0233. The van der Waals surface area contributed by atoms with Gasteiger partial charge in [-0.1, -0.05) is 6.08 Å². The summed E-state index contributed by atoms with van der Waals surface area (Å²) in [7, 11) is 0. The van der Waals surface area contributed by atoms with Crippen LogP contribution in [0, 0.1) is 181 Å². The summed E-state index contributed by atoms with van der Waals surface area (Å²) in [6.45, 7) is -7.92. The quantitative estimate of drug-likeness (QED) is 0.0546. The van der Waals surface area contributed by atoms with Crippen LogP contribution in [0.15, 0.2) is 12.1 Å². The van der Waals surface area contributed by atoms with Crippen molar-refractivity contribution in [2.75, 3.05) is 0 Å². The first-order valence-corrected chi connectivity index (χ1v) is 19.3. The van der Waals surface area contributed by atoms with E-state index in [2.05, 4.69) is 22.5 Å². The van der Waals surface area contributed by atoms with Crippen molar-refractivity contribution < 1.29 is 132 Å². The van der Waals surface area contributed by atoms with Crippen molar-refractivity contribution in [3.05, 3.63) is 204 Å². The van der Waals surface area contributed by atoms with Gasteiger partial charge in [0, 0.05) is 32.8 Å². The molecule has 0 amide bonds. The molecule has 0 atom stereocenters. The number of allylic oxidation sites excluding steroid dienone is 1. The van der Waals surface area contributed by atoms with E-state index >= 15 is 0 Å². The number of nitrogens with zero attached hydrogens (tertiary/aromatic N) is 2. The van der Waals surface area contributed by atoms with Gasteiger partial charge < -0.3 is 0 Å². The number of hydrogen-bond acceptors (Lipinski definition) is 2. The molecule has 0 bridgehead atoms. The molecule has 1 aliphatic carbocycles. The molecular weight excluding hydrogens is 1140 g/mol. The number of rotatable bonds is 6. The number of aromatic nitrogens is 2. The number of hydrogen-bond donors (Lipinski definition) is 0.